The minimum Gasteiger partial charge on any atom is -0.444 e. The van der Waals surface area contributed by atoms with Gasteiger partial charge in [0.05, 0.1) is 13.2 Å². The maximum Gasteiger partial charge on any atom is 0.417 e. The Labute approximate surface area is 171 Å². The minimum absolute atomic E-state index is 0.0284. The number of hydrogen-bond acceptors (Lipinski definition) is 5. The summed E-state index contributed by atoms with van der Waals surface area (Å²) in [6.07, 6.45) is -0.741. The third kappa shape index (κ3) is 4.65. The highest BCUT2D eigenvalue weighted by Gasteiger charge is 2.38. The largest absolute Gasteiger partial charge is 0.444 e. The minimum atomic E-state index is -0.812. The average molecular weight is 431 g/mol. The molecule has 3 rings (SSSR count). The number of hydrogen-bond donors (Lipinski definition) is 0. The molecule has 2 fully saturated rings. The van der Waals surface area contributed by atoms with Crippen molar-refractivity contribution in [1.82, 2.24) is 9.80 Å². The average Bonchev–Trinajstić information content (AvgIpc) is 3.21. The first-order valence-electron chi connectivity index (χ1n) is 8.79. The van der Waals surface area contributed by atoms with E-state index in [0.717, 1.165) is 4.90 Å². The summed E-state index contributed by atoms with van der Waals surface area (Å²) in [4.78, 5) is 26.4. The van der Waals surface area contributed by atoms with Crippen molar-refractivity contribution in [1.29, 1.82) is 0 Å². The summed E-state index contributed by atoms with van der Waals surface area (Å²) in [5.74, 6) is 0.523. The molecule has 0 aromatic heterocycles. The van der Waals surface area contributed by atoms with Gasteiger partial charge in [0.25, 0.3) is 5.96 Å². The summed E-state index contributed by atoms with van der Waals surface area (Å²) in [5.41, 5.74) is 0.472. The summed E-state index contributed by atoms with van der Waals surface area (Å²) in [6.45, 7) is 4.35. The number of amides is 1. The number of benzene rings is 1. The van der Waals surface area contributed by atoms with Crippen LogP contribution in [0.15, 0.2) is 23.3 Å². The fourth-order valence-corrected chi connectivity index (χ4v) is 3.74. The van der Waals surface area contributed by atoms with Gasteiger partial charge in [-0.15, -0.1) is 0 Å². The van der Waals surface area contributed by atoms with Crippen molar-refractivity contribution in [2.75, 3.05) is 32.8 Å². The molecule has 0 spiro atoms. The zero-order valence-corrected chi connectivity index (χ0v) is 16.7. The number of ether oxygens (including phenoxy) is 2. The highest BCUT2D eigenvalue weighted by Crippen LogP contribution is 2.26. The van der Waals surface area contributed by atoms with Gasteiger partial charge in [0, 0.05) is 41.2 Å². The lowest BCUT2D eigenvalue weighted by molar-refractivity contribution is -0.486. The van der Waals surface area contributed by atoms with Crippen LogP contribution in [-0.4, -0.2) is 59.7 Å². The maximum atomic E-state index is 12.5. The molecular formula is C17H20Cl2N4O5. The van der Waals surface area contributed by atoms with Crippen LogP contribution in [0.3, 0.4) is 0 Å². The number of nitrogens with zero attached hydrogens (tertiary/aromatic N) is 4. The van der Waals surface area contributed by atoms with Gasteiger partial charge in [-0.2, -0.15) is 0 Å². The number of carbonyl (C=O) groups excluding carboxylic acids is 1. The molecule has 2 saturated heterocycles. The molecule has 1 aromatic carbocycles. The van der Waals surface area contributed by atoms with E-state index in [-0.39, 0.29) is 25.0 Å². The molecule has 11 heteroatoms. The van der Waals surface area contributed by atoms with Gasteiger partial charge in [-0.3, -0.25) is 0 Å². The number of halogens is 2. The SMILES string of the molecule is CC1COCC1CN1CCN(C(=O)OCc2c(Cl)cccc2Cl)C1=N[N+](=O)[O-]. The Balaban J connectivity index is 1.69. The molecule has 2 aliphatic heterocycles. The van der Waals surface area contributed by atoms with E-state index < -0.39 is 11.1 Å². The van der Waals surface area contributed by atoms with Crippen molar-refractivity contribution in [3.05, 3.63) is 43.9 Å². The molecule has 0 aliphatic carbocycles. The van der Waals surface area contributed by atoms with Crippen LogP contribution in [0.1, 0.15) is 12.5 Å². The third-order valence-electron chi connectivity index (χ3n) is 4.88. The van der Waals surface area contributed by atoms with Crippen LogP contribution in [0, 0.1) is 22.0 Å². The molecule has 0 saturated carbocycles. The van der Waals surface area contributed by atoms with Crippen molar-refractivity contribution < 1.29 is 19.3 Å². The first kappa shape index (κ1) is 20.6. The maximum absolute atomic E-state index is 12.5. The Kier molecular flexibility index (Phi) is 6.58. The van der Waals surface area contributed by atoms with E-state index >= 15 is 0 Å². The molecule has 0 radical (unpaired) electrons. The molecule has 2 aliphatic rings. The van der Waals surface area contributed by atoms with Crippen LogP contribution in [0.5, 0.6) is 0 Å². The summed E-state index contributed by atoms with van der Waals surface area (Å²) >= 11 is 12.2. The van der Waals surface area contributed by atoms with Gasteiger partial charge in [0.15, 0.2) is 5.03 Å². The Morgan fingerprint density at radius 1 is 1.36 bits per heavy atom. The van der Waals surface area contributed by atoms with Crippen LogP contribution in [0.25, 0.3) is 0 Å². The van der Waals surface area contributed by atoms with Crippen LogP contribution < -0.4 is 0 Å². The van der Waals surface area contributed by atoms with Gasteiger partial charge in [0.1, 0.15) is 11.7 Å². The summed E-state index contributed by atoms with van der Waals surface area (Å²) in [5, 5.41) is 14.3. The van der Waals surface area contributed by atoms with Crippen LogP contribution in [-0.2, 0) is 16.1 Å². The number of hydrazone groups is 1. The van der Waals surface area contributed by atoms with Gasteiger partial charge >= 0.3 is 6.09 Å². The van der Waals surface area contributed by atoms with Crippen LogP contribution >= 0.6 is 23.2 Å². The highest BCUT2D eigenvalue weighted by molar-refractivity contribution is 6.35. The zero-order valence-electron chi connectivity index (χ0n) is 15.2. The third-order valence-corrected chi connectivity index (χ3v) is 5.59. The van der Waals surface area contributed by atoms with Crippen molar-refractivity contribution in [3.63, 3.8) is 0 Å². The Morgan fingerprint density at radius 3 is 2.68 bits per heavy atom. The van der Waals surface area contributed by atoms with Crippen molar-refractivity contribution in [3.8, 4) is 0 Å². The fourth-order valence-electron chi connectivity index (χ4n) is 3.23. The van der Waals surface area contributed by atoms with E-state index in [2.05, 4.69) is 12.0 Å². The quantitative estimate of drug-likeness (QED) is 0.525. The number of carbonyl (C=O) groups is 1. The summed E-state index contributed by atoms with van der Waals surface area (Å²) in [7, 11) is 0. The Morgan fingerprint density at radius 2 is 2.07 bits per heavy atom. The van der Waals surface area contributed by atoms with Crippen molar-refractivity contribution >= 4 is 35.3 Å². The van der Waals surface area contributed by atoms with Gasteiger partial charge in [-0.1, -0.05) is 36.2 Å². The molecule has 2 atom stereocenters. The first-order valence-corrected chi connectivity index (χ1v) is 9.55. The molecular weight excluding hydrogens is 411 g/mol. The second kappa shape index (κ2) is 8.93. The molecule has 28 heavy (non-hydrogen) atoms. The van der Waals surface area contributed by atoms with E-state index in [1.807, 2.05) is 0 Å². The van der Waals surface area contributed by atoms with Crippen molar-refractivity contribution in [2.45, 2.75) is 13.5 Å². The van der Waals surface area contributed by atoms with E-state index in [4.69, 9.17) is 32.7 Å². The standard InChI is InChI=1S/C17H20Cl2N4O5/c1-11-8-27-9-12(11)7-21-5-6-22(16(21)20-23(25)26)17(24)28-10-13-14(18)3-2-4-15(13)19/h2-4,11-12H,5-10H2,1H3. The van der Waals surface area contributed by atoms with Crippen molar-refractivity contribution in [2.24, 2.45) is 16.9 Å². The number of nitro groups is 1. The molecule has 1 amide bonds. The summed E-state index contributed by atoms with van der Waals surface area (Å²) in [6, 6.07) is 4.96. The van der Waals surface area contributed by atoms with E-state index in [1.54, 1.807) is 23.1 Å². The molecule has 0 N–H and O–H groups in total. The molecule has 2 unspecified atom stereocenters. The summed E-state index contributed by atoms with van der Waals surface area (Å²) < 4.78 is 10.7. The highest BCUT2D eigenvalue weighted by atomic mass is 35.5. The Hall–Kier alpha value is -2.10. The lowest BCUT2D eigenvalue weighted by Crippen LogP contribution is -2.41. The molecule has 2 heterocycles. The monoisotopic (exact) mass is 430 g/mol. The van der Waals surface area contributed by atoms with Crippen LogP contribution in [0.4, 0.5) is 4.79 Å². The second-order valence-corrected chi connectivity index (χ2v) is 7.58. The van der Waals surface area contributed by atoms with Gasteiger partial charge in [-0.05, 0) is 18.1 Å². The van der Waals surface area contributed by atoms with Gasteiger partial charge in [0.2, 0.25) is 0 Å². The topological polar surface area (TPSA) is 97.5 Å². The predicted molar refractivity (Wildman–Crippen MR) is 103 cm³/mol. The van der Waals surface area contributed by atoms with Crippen LogP contribution in [0.2, 0.25) is 10.0 Å². The van der Waals surface area contributed by atoms with E-state index in [1.165, 1.54) is 0 Å². The number of rotatable bonds is 5. The molecule has 0 bridgehead atoms. The van der Waals surface area contributed by atoms with Gasteiger partial charge < -0.3 is 14.4 Å². The van der Waals surface area contributed by atoms with E-state index in [0.29, 0.717) is 47.8 Å². The predicted octanol–water partition coefficient (Wildman–Crippen LogP) is 3.08. The Bertz CT molecular complexity index is 771. The number of guanidine groups is 1. The molecule has 152 valence electrons. The fraction of sp³-hybridized carbons (Fsp3) is 0.529. The molecule has 9 nitrogen and oxygen atoms in total. The normalized spacial score (nSPS) is 23.5. The second-order valence-electron chi connectivity index (χ2n) is 6.77. The smallest absolute Gasteiger partial charge is 0.417 e. The zero-order chi connectivity index (χ0) is 20.3. The lowest BCUT2D eigenvalue weighted by Gasteiger charge is -2.23. The lowest BCUT2D eigenvalue weighted by atomic mass is 9.98. The van der Waals surface area contributed by atoms with Gasteiger partial charge in [-0.25, -0.2) is 19.8 Å². The van der Waals surface area contributed by atoms with E-state index in [9.17, 15) is 14.9 Å². The molecule has 1 aromatic rings. The first-order chi connectivity index (χ1) is 13.4.